The molecule has 84 valence electrons. The zero-order valence-corrected chi connectivity index (χ0v) is 8.51. The average Bonchev–Trinajstić information content (AvgIpc) is 2.20. The Kier molecular flexibility index (Phi) is 3.49. The molecule has 0 aliphatic rings. The minimum Gasteiger partial charge on any atom is -0.398 e. The Labute approximate surface area is 90.6 Å². The first-order chi connectivity index (χ1) is 6.88. The summed E-state index contributed by atoms with van der Waals surface area (Å²) in [7, 11) is 0. The minimum absolute atomic E-state index is 0.0292. The van der Waals surface area contributed by atoms with E-state index in [0.717, 1.165) is 0 Å². The van der Waals surface area contributed by atoms with Crippen LogP contribution in [0.1, 0.15) is 11.6 Å². The van der Waals surface area contributed by atoms with Crippen LogP contribution in [0.3, 0.4) is 0 Å². The summed E-state index contributed by atoms with van der Waals surface area (Å²) in [6, 6.07) is 2.47. The maximum atomic E-state index is 13.1. The van der Waals surface area contributed by atoms with Gasteiger partial charge in [-0.1, -0.05) is 11.6 Å². The first kappa shape index (κ1) is 12.2. The molecule has 0 heterocycles. The molecule has 0 amide bonds. The highest BCUT2D eigenvalue weighted by Gasteiger charge is 2.38. The van der Waals surface area contributed by atoms with Crippen molar-refractivity contribution in [1.29, 1.82) is 0 Å². The fraction of sp³-hybridized carbons (Fsp3) is 0.333. The van der Waals surface area contributed by atoms with Crippen molar-refractivity contribution in [2.24, 2.45) is 5.73 Å². The van der Waals surface area contributed by atoms with Gasteiger partial charge in [0.05, 0.1) is 6.04 Å². The highest BCUT2D eigenvalue weighted by molar-refractivity contribution is 6.30. The fourth-order valence-electron chi connectivity index (χ4n) is 1.14. The summed E-state index contributed by atoms with van der Waals surface area (Å²) in [5.74, 6) is -3.42. The standard InChI is InChI=1S/C9H11ClF2N2O/c10-5-1-2-7(13)6(3-5)8(14)9(11,12)4-15/h1-3,8,15H,4,13-14H2/t8-/m0/s1. The van der Waals surface area contributed by atoms with Gasteiger partial charge in [0, 0.05) is 10.7 Å². The van der Waals surface area contributed by atoms with E-state index >= 15 is 0 Å². The van der Waals surface area contributed by atoms with Gasteiger partial charge in [0.25, 0.3) is 5.92 Å². The molecule has 5 N–H and O–H groups in total. The number of nitrogen functional groups attached to an aromatic ring is 1. The number of aliphatic hydroxyl groups is 1. The lowest BCUT2D eigenvalue weighted by atomic mass is 10.0. The van der Waals surface area contributed by atoms with Crippen LogP contribution in [0.25, 0.3) is 0 Å². The van der Waals surface area contributed by atoms with Crippen LogP contribution in [0.15, 0.2) is 18.2 Å². The van der Waals surface area contributed by atoms with Gasteiger partial charge in [0.2, 0.25) is 0 Å². The zero-order chi connectivity index (χ0) is 11.6. The molecule has 15 heavy (non-hydrogen) atoms. The average molecular weight is 237 g/mol. The van der Waals surface area contributed by atoms with E-state index in [9.17, 15) is 8.78 Å². The van der Waals surface area contributed by atoms with Crippen LogP contribution in [0.2, 0.25) is 5.02 Å². The van der Waals surface area contributed by atoms with Gasteiger partial charge >= 0.3 is 0 Å². The van der Waals surface area contributed by atoms with Crippen LogP contribution >= 0.6 is 11.6 Å². The van der Waals surface area contributed by atoms with Gasteiger partial charge in [-0.05, 0) is 23.8 Å². The van der Waals surface area contributed by atoms with Gasteiger partial charge in [-0.25, -0.2) is 8.78 Å². The Hall–Kier alpha value is -0.910. The summed E-state index contributed by atoms with van der Waals surface area (Å²) < 4.78 is 26.1. The van der Waals surface area contributed by atoms with Gasteiger partial charge < -0.3 is 16.6 Å². The topological polar surface area (TPSA) is 72.3 Å². The molecule has 0 radical (unpaired) electrons. The summed E-state index contributed by atoms with van der Waals surface area (Å²) in [6.07, 6.45) is 0. The van der Waals surface area contributed by atoms with Crippen molar-refractivity contribution >= 4 is 17.3 Å². The Bertz CT molecular complexity index is 360. The van der Waals surface area contributed by atoms with Crippen LogP contribution < -0.4 is 11.5 Å². The number of halogens is 3. The summed E-state index contributed by atoms with van der Waals surface area (Å²) in [5.41, 5.74) is 10.9. The third kappa shape index (κ3) is 2.56. The van der Waals surface area contributed by atoms with E-state index in [0.29, 0.717) is 0 Å². The molecule has 0 saturated carbocycles. The smallest absolute Gasteiger partial charge is 0.289 e. The third-order valence-corrected chi connectivity index (χ3v) is 2.28. The maximum absolute atomic E-state index is 13.1. The normalized spacial score (nSPS) is 13.9. The summed E-state index contributed by atoms with van der Waals surface area (Å²) in [4.78, 5) is 0. The van der Waals surface area contributed by atoms with Crippen molar-refractivity contribution < 1.29 is 13.9 Å². The monoisotopic (exact) mass is 236 g/mol. The molecule has 1 aromatic carbocycles. The quantitative estimate of drug-likeness (QED) is 0.698. The molecule has 1 aromatic rings. The van der Waals surface area contributed by atoms with E-state index in [1.165, 1.54) is 18.2 Å². The van der Waals surface area contributed by atoms with Crippen LogP contribution in [0.4, 0.5) is 14.5 Å². The highest BCUT2D eigenvalue weighted by atomic mass is 35.5. The van der Waals surface area contributed by atoms with E-state index in [1.54, 1.807) is 0 Å². The SMILES string of the molecule is Nc1ccc(Cl)cc1[C@H](N)C(F)(F)CO. The number of hydrogen-bond donors (Lipinski definition) is 3. The molecule has 0 fully saturated rings. The van der Waals surface area contributed by atoms with Crippen LogP contribution in [-0.4, -0.2) is 17.6 Å². The molecular formula is C9H11ClF2N2O. The number of alkyl halides is 2. The lowest BCUT2D eigenvalue weighted by Gasteiger charge is -2.22. The van der Waals surface area contributed by atoms with Gasteiger partial charge in [-0.3, -0.25) is 0 Å². The first-order valence-electron chi connectivity index (χ1n) is 4.17. The summed E-state index contributed by atoms with van der Waals surface area (Å²) in [6.45, 7) is -1.33. The number of benzene rings is 1. The predicted molar refractivity (Wildman–Crippen MR) is 54.8 cm³/mol. The third-order valence-electron chi connectivity index (χ3n) is 2.05. The van der Waals surface area contributed by atoms with Crippen molar-refractivity contribution in [3.8, 4) is 0 Å². The number of anilines is 1. The van der Waals surface area contributed by atoms with Crippen LogP contribution in [0.5, 0.6) is 0 Å². The molecule has 0 saturated heterocycles. The van der Waals surface area contributed by atoms with E-state index in [-0.39, 0.29) is 16.3 Å². The van der Waals surface area contributed by atoms with Crippen molar-refractivity contribution in [1.82, 2.24) is 0 Å². The van der Waals surface area contributed by atoms with Crippen molar-refractivity contribution in [2.75, 3.05) is 12.3 Å². The second kappa shape index (κ2) is 4.30. The Balaban J connectivity index is 3.10. The number of aliphatic hydroxyl groups excluding tert-OH is 1. The van der Waals surface area contributed by atoms with E-state index in [2.05, 4.69) is 0 Å². The zero-order valence-electron chi connectivity index (χ0n) is 7.75. The molecule has 3 nitrogen and oxygen atoms in total. The largest absolute Gasteiger partial charge is 0.398 e. The highest BCUT2D eigenvalue weighted by Crippen LogP contribution is 2.33. The molecule has 1 atom stereocenters. The molecule has 6 heteroatoms. The Morgan fingerprint density at radius 1 is 1.47 bits per heavy atom. The number of nitrogens with two attached hydrogens (primary N) is 2. The second-order valence-corrected chi connectivity index (χ2v) is 3.61. The predicted octanol–water partition coefficient (Wildman–Crippen LogP) is 1.55. The first-order valence-corrected chi connectivity index (χ1v) is 4.55. The van der Waals surface area contributed by atoms with Gasteiger partial charge in [0.1, 0.15) is 6.61 Å². The van der Waals surface area contributed by atoms with Gasteiger partial charge in [0.15, 0.2) is 0 Å². The molecule has 0 unspecified atom stereocenters. The molecule has 0 spiro atoms. The number of rotatable bonds is 3. The molecular weight excluding hydrogens is 226 g/mol. The number of hydrogen-bond acceptors (Lipinski definition) is 3. The lowest BCUT2D eigenvalue weighted by molar-refractivity contribution is -0.0710. The van der Waals surface area contributed by atoms with Gasteiger partial charge in [-0.2, -0.15) is 0 Å². The Morgan fingerprint density at radius 3 is 2.60 bits per heavy atom. The van der Waals surface area contributed by atoms with Crippen LogP contribution in [-0.2, 0) is 0 Å². The maximum Gasteiger partial charge on any atom is 0.289 e. The molecule has 0 aliphatic heterocycles. The fourth-order valence-corrected chi connectivity index (χ4v) is 1.32. The Morgan fingerprint density at radius 2 is 2.07 bits per heavy atom. The van der Waals surface area contributed by atoms with Gasteiger partial charge in [-0.15, -0.1) is 0 Å². The summed E-state index contributed by atoms with van der Waals surface area (Å²) >= 11 is 5.64. The van der Waals surface area contributed by atoms with Crippen molar-refractivity contribution in [3.63, 3.8) is 0 Å². The summed E-state index contributed by atoms with van der Waals surface area (Å²) in [5, 5.41) is 8.75. The molecule has 0 bridgehead atoms. The van der Waals surface area contributed by atoms with E-state index < -0.39 is 18.6 Å². The molecule has 0 aliphatic carbocycles. The van der Waals surface area contributed by atoms with E-state index in [4.69, 9.17) is 28.2 Å². The minimum atomic E-state index is -3.42. The van der Waals surface area contributed by atoms with Crippen molar-refractivity contribution in [2.45, 2.75) is 12.0 Å². The van der Waals surface area contributed by atoms with Crippen LogP contribution in [0, 0.1) is 0 Å². The van der Waals surface area contributed by atoms with Crippen molar-refractivity contribution in [3.05, 3.63) is 28.8 Å². The molecule has 0 aromatic heterocycles. The molecule has 1 rings (SSSR count). The lowest BCUT2D eigenvalue weighted by Crippen LogP contribution is -2.36. The second-order valence-electron chi connectivity index (χ2n) is 3.17. The van der Waals surface area contributed by atoms with E-state index in [1.807, 2.05) is 0 Å².